The first-order chi connectivity index (χ1) is 9.67. The van der Waals surface area contributed by atoms with Gasteiger partial charge in [0.25, 0.3) is 0 Å². The van der Waals surface area contributed by atoms with Gasteiger partial charge in [0.05, 0.1) is 12.4 Å². The second kappa shape index (κ2) is 5.08. The van der Waals surface area contributed by atoms with Gasteiger partial charge in [0.2, 0.25) is 0 Å². The van der Waals surface area contributed by atoms with E-state index in [1.165, 1.54) is 6.20 Å². The first-order valence-corrected chi connectivity index (χ1v) is 6.89. The Bertz CT molecular complexity index is 537. The predicted octanol–water partition coefficient (Wildman–Crippen LogP) is 1.57. The fourth-order valence-corrected chi connectivity index (χ4v) is 3.59. The molecular weight excluding hydrogens is 256 g/mol. The molecule has 2 fully saturated rings. The summed E-state index contributed by atoms with van der Waals surface area (Å²) in [6, 6.07) is 2.69. The van der Waals surface area contributed by atoms with Gasteiger partial charge in [-0.15, -0.1) is 0 Å². The summed E-state index contributed by atoms with van der Waals surface area (Å²) in [4.78, 5) is 21.5. The zero-order valence-electron chi connectivity index (χ0n) is 11.1. The number of carboxylic acids is 1. The molecule has 6 nitrogen and oxygen atoms in total. The van der Waals surface area contributed by atoms with Crippen molar-refractivity contribution in [3.05, 3.63) is 18.1 Å². The van der Waals surface area contributed by atoms with Crippen LogP contribution in [0.2, 0.25) is 0 Å². The molecule has 1 aromatic heterocycles. The van der Waals surface area contributed by atoms with Crippen LogP contribution in [-0.2, 0) is 4.79 Å². The Kier molecular flexibility index (Phi) is 3.26. The van der Waals surface area contributed by atoms with Crippen LogP contribution in [0.4, 0.5) is 5.82 Å². The summed E-state index contributed by atoms with van der Waals surface area (Å²) in [5.41, 5.74) is 0.321. The average Bonchev–Trinajstić information content (AvgIpc) is 2.70. The minimum Gasteiger partial charge on any atom is -0.481 e. The molecule has 0 spiro atoms. The summed E-state index contributed by atoms with van der Waals surface area (Å²) in [5, 5.41) is 17.7. The highest BCUT2D eigenvalue weighted by atomic mass is 16.4. The number of carbonyl (C=O) groups is 1. The van der Waals surface area contributed by atoms with Crippen LogP contribution in [0.15, 0.2) is 12.4 Å². The largest absolute Gasteiger partial charge is 0.481 e. The third-order valence-corrected chi connectivity index (χ3v) is 4.31. The average molecular weight is 272 g/mol. The van der Waals surface area contributed by atoms with Crippen LogP contribution in [0, 0.1) is 17.2 Å². The summed E-state index contributed by atoms with van der Waals surface area (Å²) < 4.78 is 0. The summed E-state index contributed by atoms with van der Waals surface area (Å²) in [7, 11) is 0. The number of nitrogens with zero attached hydrogens (tertiary/aromatic N) is 4. The minimum absolute atomic E-state index is 0.264. The van der Waals surface area contributed by atoms with Gasteiger partial charge in [0.1, 0.15) is 11.9 Å². The van der Waals surface area contributed by atoms with Crippen LogP contribution < -0.4 is 4.90 Å². The van der Waals surface area contributed by atoms with Gasteiger partial charge < -0.3 is 10.0 Å². The topological polar surface area (TPSA) is 90.1 Å². The number of hydrogen-bond acceptors (Lipinski definition) is 5. The molecule has 6 heteroatoms. The van der Waals surface area contributed by atoms with Crippen LogP contribution in [-0.4, -0.2) is 33.1 Å². The van der Waals surface area contributed by atoms with Gasteiger partial charge in [-0.1, -0.05) is 0 Å². The Morgan fingerprint density at radius 2 is 2.05 bits per heavy atom. The van der Waals surface area contributed by atoms with Gasteiger partial charge in [0.15, 0.2) is 5.69 Å². The third kappa shape index (κ3) is 2.31. The second-order valence-corrected chi connectivity index (χ2v) is 5.60. The van der Waals surface area contributed by atoms with E-state index in [0.717, 1.165) is 31.5 Å². The van der Waals surface area contributed by atoms with Crippen molar-refractivity contribution in [3.63, 3.8) is 0 Å². The molecule has 0 aromatic carbocycles. The molecule has 0 aliphatic carbocycles. The summed E-state index contributed by atoms with van der Waals surface area (Å²) in [6.45, 7) is 0. The molecule has 2 bridgehead atoms. The Labute approximate surface area is 117 Å². The predicted molar refractivity (Wildman–Crippen MR) is 71.0 cm³/mol. The highest BCUT2D eigenvalue weighted by molar-refractivity contribution is 5.67. The maximum atomic E-state index is 10.9. The molecule has 104 valence electrons. The Balaban J connectivity index is 1.76. The van der Waals surface area contributed by atoms with E-state index in [0.29, 0.717) is 17.8 Å². The number of anilines is 1. The lowest BCUT2D eigenvalue weighted by Gasteiger charge is -2.39. The maximum Gasteiger partial charge on any atom is 0.303 e. The number of rotatable bonds is 3. The van der Waals surface area contributed by atoms with Crippen molar-refractivity contribution in [2.75, 3.05) is 4.90 Å². The molecule has 2 aliphatic heterocycles. The van der Waals surface area contributed by atoms with E-state index in [2.05, 4.69) is 14.9 Å². The van der Waals surface area contributed by atoms with E-state index in [1.54, 1.807) is 6.20 Å². The highest BCUT2D eigenvalue weighted by Gasteiger charge is 2.41. The summed E-state index contributed by atoms with van der Waals surface area (Å²) >= 11 is 0. The highest BCUT2D eigenvalue weighted by Crippen LogP contribution is 2.41. The van der Waals surface area contributed by atoms with Crippen molar-refractivity contribution in [3.8, 4) is 6.07 Å². The van der Waals surface area contributed by atoms with Crippen LogP contribution in [0.5, 0.6) is 0 Å². The first-order valence-electron chi connectivity index (χ1n) is 6.89. The molecule has 3 rings (SSSR count). The van der Waals surface area contributed by atoms with Crippen molar-refractivity contribution in [1.82, 2.24) is 9.97 Å². The third-order valence-electron chi connectivity index (χ3n) is 4.31. The second-order valence-electron chi connectivity index (χ2n) is 5.60. The SMILES string of the molecule is N#Cc1cnc(N2C3CCC2CC(CC(=O)O)C3)cn1. The smallest absolute Gasteiger partial charge is 0.303 e. The van der Waals surface area contributed by atoms with Crippen LogP contribution in [0.1, 0.15) is 37.8 Å². The van der Waals surface area contributed by atoms with E-state index >= 15 is 0 Å². The van der Waals surface area contributed by atoms with Crippen molar-refractivity contribution < 1.29 is 9.90 Å². The Hall–Kier alpha value is -2.16. The molecule has 2 atom stereocenters. The number of hydrogen-bond donors (Lipinski definition) is 1. The van der Waals surface area contributed by atoms with Crippen molar-refractivity contribution in [2.24, 2.45) is 5.92 Å². The fraction of sp³-hybridized carbons (Fsp3) is 0.571. The number of piperidine rings is 1. The molecule has 20 heavy (non-hydrogen) atoms. The van der Waals surface area contributed by atoms with Crippen LogP contribution in [0.25, 0.3) is 0 Å². The Morgan fingerprint density at radius 1 is 1.35 bits per heavy atom. The van der Waals surface area contributed by atoms with E-state index in [-0.39, 0.29) is 12.3 Å². The molecule has 1 aromatic rings. The number of aliphatic carboxylic acids is 1. The number of nitriles is 1. The molecule has 2 aliphatic rings. The Morgan fingerprint density at radius 3 is 2.55 bits per heavy atom. The van der Waals surface area contributed by atoms with Gasteiger partial charge in [-0.3, -0.25) is 4.79 Å². The maximum absolute atomic E-state index is 10.9. The summed E-state index contributed by atoms with van der Waals surface area (Å²) in [5.74, 6) is 0.374. The van der Waals surface area contributed by atoms with Crippen molar-refractivity contribution in [1.29, 1.82) is 5.26 Å². The van der Waals surface area contributed by atoms with Crippen molar-refractivity contribution >= 4 is 11.8 Å². The van der Waals surface area contributed by atoms with Crippen LogP contribution >= 0.6 is 0 Å². The molecule has 2 saturated heterocycles. The number of aromatic nitrogens is 2. The summed E-state index contributed by atoms with van der Waals surface area (Å²) in [6.07, 6.45) is 7.40. The minimum atomic E-state index is -0.707. The number of carboxylic acid groups (broad SMARTS) is 1. The zero-order chi connectivity index (χ0) is 14.1. The van der Waals surface area contributed by atoms with Gasteiger partial charge in [-0.05, 0) is 31.6 Å². The molecule has 3 heterocycles. The zero-order valence-corrected chi connectivity index (χ0v) is 11.1. The van der Waals surface area contributed by atoms with Crippen LogP contribution in [0.3, 0.4) is 0 Å². The van der Waals surface area contributed by atoms with E-state index < -0.39 is 5.97 Å². The normalized spacial score (nSPS) is 28.1. The van der Waals surface area contributed by atoms with Gasteiger partial charge in [0, 0.05) is 18.5 Å². The molecule has 1 N–H and O–H groups in total. The fourth-order valence-electron chi connectivity index (χ4n) is 3.59. The molecular formula is C14H16N4O2. The van der Waals surface area contributed by atoms with Gasteiger partial charge in [-0.2, -0.15) is 5.26 Å². The van der Waals surface area contributed by atoms with Gasteiger partial charge >= 0.3 is 5.97 Å². The van der Waals surface area contributed by atoms with Crippen molar-refractivity contribution in [2.45, 2.75) is 44.2 Å². The quantitative estimate of drug-likeness (QED) is 0.898. The van der Waals surface area contributed by atoms with E-state index in [9.17, 15) is 4.79 Å². The molecule has 0 amide bonds. The molecule has 0 saturated carbocycles. The standard InChI is InChI=1S/C14H16N4O2/c15-6-10-7-17-13(8-16-10)18-11-1-2-12(18)4-9(3-11)5-14(19)20/h7-9,11-12H,1-5H2,(H,19,20). The lowest BCUT2D eigenvalue weighted by molar-refractivity contribution is -0.138. The van der Waals surface area contributed by atoms with E-state index in [4.69, 9.17) is 10.4 Å². The lowest BCUT2D eigenvalue weighted by atomic mass is 9.88. The molecule has 0 radical (unpaired) electrons. The first kappa shape index (κ1) is 12.9. The molecule has 2 unspecified atom stereocenters. The monoisotopic (exact) mass is 272 g/mol. The lowest BCUT2D eigenvalue weighted by Crippen LogP contribution is -2.44. The van der Waals surface area contributed by atoms with E-state index in [1.807, 2.05) is 6.07 Å². The van der Waals surface area contributed by atoms with Gasteiger partial charge in [-0.25, -0.2) is 9.97 Å². The number of fused-ring (bicyclic) bond motifs is 2.